The maximum absolute atomic E-state index is 4.26. The van der Waals surface area contributed by atoms with Gasteiger partial charge in [0.05, 0.1) is 4.70 Å². The maximum Gasteiger partial charge on any atom is 0.0529 e. The molecule has 2 rings (SSSR count). The first-order chi connectivity index (χ1) is 6.09. The van der Waals surface area contributed by atoms with Crippen molar-refractivity contribution in [2.75, 3.05) is 0 Å². The van der Waals surface area contributed by atoms with E-state index in [-0.39, 0.29) is 5.41 Å². The Balaban J connectivity index is 2.75. The fraction of sp³-hybridized carbons (Fsp3) is 0.364. The molecule has 0 unspecified atom stereocenters. The van der Waals surface area contributed by atoms with Gasteiger partial charge in [0.15, 0.2) is 0 Å². The average molecular weight is 191 g/mol. The molecule has 2 aromatic rings. The Bertz CT molecular complexity index is 423. The van der Waals surface area contributed by atoms with E-state index in [4.69, 9.17) is 0 Å². The molecule has 0 amide bonds. The van der Waals surface area contributed by atoms with Gasteiger partial charge in [-0.25, -0.2) is 0 Å². The van der Waals surface area contributed by atoms with Gasteiger partial charge in [-0.3, -0.25) is 4.98 Å². The van der Waals surface area contributed by atoms with E-state index in [0.29, 0.717) is 0 Å². The molecule has 0 aliphatic carbocycles. The summed E-state index contributed by atoms with van der Waals surface area (Å²) < 4.78 is 1.28. The minimum absolute atomic E-state index is 0.188. The van der Waals surface area contributed by atoms with Gasteiger partial charge in [0.2, 0.25) is 0 Å². The Morgan fingerprint density at radius 1 is 1.23 bits per heavy atom. The van der Waals surface area contributed by atoms with Gasteiger partial charge in [-0.1, -0.05) is 20.8 Å². The highest BCUT2D eigenvalue weighted by Crippen LogP contribution is 2.31. The van der Waals surface area contributed by atoms with Crippen LogP contribution in [-0.2, 0) is 5.41 Å². The smallest absolute Gasteiger partial charge is 0.0529 e. The molecule has 2 heteroatoms. The zero-order valence-electron chi connectivity index (χ0n) is 8.16. The maximum atomic E-state index is 4.26. The van der Waals surface area contributed by atoms with Crippen LogP contribution in [0.4, 0.5) is 0 Å². The molecule has 1 nitrogen and oxygen atoms in total. The van der Waals surface area contributed by atoms with Gasteiger partial charge >= 0.3 is 0 Å². The highest BCUT2D eigenvalue weighted by atomic mass is 32.1. The zero-order valence-corrected chi connectivity index (χ0v) is 8.98. The van der Waals surface area contributed by atoms with E-state index in [9.17, 15) is 0 Å². The molecule has 2 aromatic heterocycles. The molecule has 0 saturated carbocycles. The Morgan fingerprint density at radius 3 is 2.69 bits per heavy atom. The van der Waals surface area contributed by atoms with Crippen molar-refractivity contribution >= 4 is 21.4 Å². The number of nitrogens with zero attached hydrogens (tertiary/aromatic N) is 1. The molecule has 0 spiro atoms. The summed E-state index contributed by atoms with van der Waals surface area (Å²) in [6, 6.07) is 2.18. The van der Waals surface area contributed by atoms with Crippen molar-refractivity contribution in [3.63, 3.8) is 0 Å². The predicted molar refractivity (Wildman–Crippen MR) is 58.3 cm³/mol. The van der Waals surface area contributed by atoms with Gasteiger partial charge in [0, 0.05) is 12.4 Å². The third kappa shape index (κ3) is 1.46. The zero-order chi connectivity index (χ0) is 9.47. The summed E-state index contributed by atoms with van der Waals surface area (Å²) in [5.74, 6) is 0. The molecule has 0 N–H and O–H groups in total. The third-order valence-corrected chi connectivity index (χ3v) is 3.04. The van der Waals surface area contributed by atoms with Crippen LogP contribution in [0.15, 0.2) is 23.8 Å². The lowest BCUT2D eigenvalue weighted by molar-refractivity contribution is 0.593. The Kier molecular flexibility index (Phi) is 1.88. The van der Waals surface area contributed by atoms with Crippen LogP contribution in [0.5, 0.6) is 0 Å². The molecule has 0 fully saturated rings. The number of aromatic nitrogens is 1. The second kappa shape index (κ2) is 2.81. The summed E-state index contributed by atoms with van der Waals surface area (Å²) in [6.45, 7) is 6.67. The van der Waals surface area contributed by atoms with E-state index in [1.54, 1.807) is 11.3 Å². The highest BCUT2D eigenvalue weighted by molar-refractivity contribution is 7.17. The van der Waals surface area contributed by atoms with Crippen molar-refractivity contribution in [3.8, 4) is 0 Å². The second-order valence-corrected chi connectivity index (χ2v) is 5.22. The monoisotopic (exact) mass is 191 g/mol. The molecule has 0 aliphatic heterocycles. The van der Waals surface area contributed by atoms with E-state index in [1.807, 2.05) is 12.4 Å². The van der Waals surface area contributed by atoms with E-state index in [0.717, 1.165) is 0 Å². The van der Waals surface area contributed by atoms with E-state index in [2.05, 4.69) is 37.2 Å². The van der Waals surface area contributed by atoms with Crippen molar-refractivity contribution in [1.82, 2.24) is 4.98 Å². The van der Waals surface area contributed by atoms with Crippen LogP contribution in [0.25, 0.3) is 10.1 Å². The SMILES string of the molecule is CC(C)(C)c1cncc2sccc12. The number of thiophene rings is 1. The number of rotatable bonds is 0. The molecule has 0 atom stereocenters. The van der Waals surface area contributed by atoms with Gasteiger partial charge < -0.3 is 0 Å². The van der Waals surface area contributed by atoms with E-state index in [1.165, 1.54) is 15.6 Å². The largest absolute Gasteiger partial charge is 0.263 e. The summed E-state index contributed by atoms with van der Waals surface area (Å²) in [5.41, 5.74) is 1.53. The number of pyridine rings is 1. The quantitative estimate of drug-likeness (QED) is 0.620. The molecular weight excluding hydrogens is 178 g/mol. The molecule has 0 saturated heterocycles. The van der Waals surface area contributed by atoms with Crippen molar-refractivity contribution in [1.29, 1.82) is 0 Å². The lowest BCUT2D eigenvalue weighted by atomic mass is 9.86. The van der Waals surface area contributed by atoms with E-state index < -0.39 is 0 Å². The van der Waals surface area contributed by atoms with Gasteiger partial charge in [0.1, 0.15) is 0 Å². The number of fused-ring (bicyclic) bond motifs is 1. The van der Waals surface area contributed by atoms with Gasteiger partial charge in [-0.05, 0) is 27.8 Å². The minimum atomic E-state index is 0.188. The van der Waals surface area contributed by atoms with Crippen LogP contribution in [0.2, 0.25) is 0 Å². The Hall–Kier alpha value is -0.890. The van der Waals surface area contributed by atoms with Crippen LogP contribution < -0.4 is 0 Å². The first-order valence-electron chi connectivity index (χ1n) is 4.41. The molecule has 2 heterocycles. The van der Waals surface area contributed by atoms with Gasteiger partial charge in [-0.15, -0.1) is 11.3 Å². The molecule has 0 bridgehead atoms. The second-order valence-electron chi connectivity index (χ2n) is 4.27. The van der Waals surface area contributed by atoms with Crippen LogP contribution in [-0.4, -0.2) is 4.98 Å². The average Bonchev–Trinajstić information content (AvgIpc) is 2.48. The first kappa shape index (κ1) is 8.70. The molecule has 0 aromatic carbocycles. The molecule has 0 aliphatic rings. The number of hydrogen-bond acceptors (Lipinski definition) is 2. The molecule has 68 valence electrons. The Morgan fingerprint density at radius 2 is 2.00 bits per heavy atom. The van der Waals surface area contributed by atoms with Gasteiger partial charge in [0.25, 0.3) is 0 Å². The lowest BCUT2D eigenvalue weighted by Gasteiger charge is -2.19. The van der Waals surface area contributed by atoms with Crippen molar-refractivity contribution in [3.05, 3.63) is 29.4 Å². The standard InChI is InChI=1S/C11H13NS/c1-11(2,3)9-6-12-7-10-8(9)4-5-13-10/h4-7H,1-3H3. The van der Waals surface area contributed by atoms with Crippen molar-refractivity contribution in [2.45, 2.75) is 26.2 Å². The topological polar surface area (TPSA) is 12.9 Å². The third-order valence-electron chi connectivity index (χ3n) is 2.19. The summed E-state index contributed by atoms with van der Waals surface area (Å²) in [7, 11) is 0. The Labute approximate surface area is 82.4 Å². The molecular formula is C11H13NS. The highest BCUT2D eigenvalue weighted by Gasteiger charge is 2.17. The summed E-state index contributed by atoms with van der Waals surface area (Å²) in [6.07, 6.45) is 3.92. The van der Waals surface area contributed by atoms with Crippen LogP contribution in [0.3, 0.4) is 0 Å². The van der Waals surface area contributed by atoms with Gasteiger partial charge in [-0.2, -0.15) is 0 Å². The fourth-order valence-corrected chi connectivity index (χ4v) is 2.27. The van der Waals surface area contributed by atoms with Crippen molar-refractivity contribution < 1.29 is 0 Å². The predicted octanol–water partition coefficient (Wildman–Crippen LogP) is 3.59. The molecule has 13 heavy (non-hydrogen) atoms. The minimum Gasteiger partial charge on any atom is -0.263 e. The summed E-state index contributed by atoms with van der Waals surface area (Å²) >= 11 is 1.76. The normalized spacial score (nSPS) is 12.2. The molecule has 0 radical (unpaired) electrons. The fourth-order valence-electron chi connectivity index (χ4n) is 1.49. The lowest BCUT2D eigenvalue weighted by Crippen LogP contribution is -2.11. The van der Waals surface area contributed by atoms with E-state index >= 15 is 0 Å². The van der Waals surface area contributed by atoms with Crippen LogP contribution in [0.1, 0.15) is 26.3 Å². The summed E-state index contributed by atoms with van der Waals surface area (Å²) in [4.78, 5) is 4.26. The summed E-state index contributed by atoms with van der Waals surface area (Å²) in [5, 5.41) is 3.48. The van der Waals surface area contributed by atoms with Crippen LogP contribution in [0, 0.1) is 0 Å². The van der Waals surface area contributed by atoms with Crippen molar-refractivity contribution in [2.24, 2.45) is 0 Å². The van der Waals surface area contributed by atoms with Crippen LogP contribution >= 0.6 is 11.3 Å². The number of hydrogen-bond donors (Lipinski definition) is 0. The first-order valence-corrected chi connectivity index (χ1v) is 5.29.